The molecule has 1 aromatic heterocycles. The summed E-state index contributed by atoms with van der Waals surface area (Å²) in [5.74, 6) is 0.778. The van der Waals surface area contributed by atoms with Crippen molar-refractivity contribution in [1.29, 1.82) is 0 Å². The molecule has 0 radical (unpaired) electrons. The minimum absolute atomic E-state index is 0.530. The average molecular weight is 230 g/mol. The van der Waals surface area contributed by atoms with E-state index in [1.165, 1.54) is 0 Å². The number of hydrogen-bond acceptors (Lipinski definition) is 5. The smallest absolute Gasteiger partial charge is 0.181 e. The van der Waals surface area contributed by atoms with E-state index in [0.29, 0.717) is 6.04 Å². The lowest BCUT2D eigenvalue weighted by Crippen LogP contribution is -2.51. The van der Waals surface area contributed by atoms with Crippen LogP contribution in [0.15, 0.2) is 24.3 Å². The van der Waals surface area contributed by atoms with E-state index in [1.54, 1.807) is 4.68 Å². The second-order valence-corrected chi connectivity index (χ2v) is 4.21. The lowest BCUT2D eigenvalue weighted by atomic mass is 10.1. The van der Waals surface area contributed by atoms with E-state index >= 15 is 0 Å². The van der Waals surface area contributed by atoms with E-state index in [4.69, 9.17) is 0 Å². The molecule has 6 nitrogen and oxygen atoms in total. The normalized spacial score (nSPS) is 15.6. The minimum atomic E-state index is 0.530. The first-order valence-corrected chi connectivity index (χ1v) is 5.63. The molecule has 6 heteroatoms. The lowest BCUT2D eigenvalue weighted by Gasteiger charge is -2.29. The highest BCUT2D eigenvalue weighted by molar-refractivity contribution is 5.62. The van der Waals surface area contributed by atoms with Crippen LogP contribution in [0.25, 0.3) is 11.4 Å². The fourth-order valence-corrected chi connectivity index (χ4v) is 1.85. The van der Waals surface area contributed by atoms with Crippen LogP contribution in [-0.2, 0) is 7.05 Å². The Morgan fingerprint density at radius 3 is 2.94 bits per heavy atom. The molecular weight excluding hydrogens is 216 g/mol. The largest absolute Gasteiger partial charge is 0.380 e. The van der Waals surface area contributed by atoms with E-state index < -0.39 is 0 Å². The predicted octanol–water partition coefficient (Wildman–Crippen LogP) is 0.261. The molecule has 0 bridgehead atoms. The molecule has 2 N–H and O–H groups in total. The predicted molar refractivity (Wildman–Crippen MR) is 64.5 cm³/mol. The number of aryl methyl sites for hydroxylation is 1. The Morgan fingerprint density at radius 2 is 2.29 bits per heavy atom. The van der Waals surface area contributed by atoms with E-state index in [9.17, 15) is 0 Å². The maximum absolute atomic E-state index is 4.00. The van der Waals surface area contributed by atoms with Gasteiger partial charge in [-0.25, -0.2) is 4.68 Å². The maximum Gasteiger partial charge on any atom is 0.181 e. The Morgan fingerprint density at radius 1 is 1.41 bits per heavy atom. The van der Waals surface area contributed by atoms with Crippen molar-refractivity contribution in [3.05, 3.63) is 24.3 Å². The fraction of sp³-hybridized carbons (Fsp3) is 0.364. The van der Waals surface area contributed by atoms with Gasteiger partial charge in [-0.15, -0.1) is 5.10 Å². The summed E-state index contributed by atoms with van der Waals surface area (Å²) in [6.07, 6.45) is 0. The molecule has 88 valence electrons. The van der Waals surface area contributed by atoms with E-state index in [2.05, 4.69) is 38.3 Å². The Kier molecular flexibility index (Phi) is 2.49. The molecule has 0 amide bonds. The van der Waals surface area contributed by atoms with Gasteiger partial charge in [-0.3, -0.25) is 0 Å². The van der Waals surface area contributed by atoms with Gasteiger partial charge in [0.05, 0.1) is 6.04 Å². The molecule has 0 unspecified atom stereocenters. The zero-order valence-corrected chi connectivity index (χ0v) is 9.59. The summed E-state index contributed by atoms with van der Waals surface area (Å²) >= 11 is 0. The van der Waals surface area contributed by atoms with Crippen LogP contribution in [0.2, 0.25) is 0 Å². The molecule has 0 spiro atoms. The van der Waals surface area contributed by atoms with Crippen molar-refractivity contribution < 1.29 is 0 Å². The zero-order chi connectivity index (χ0) is 11.7. The van der Waals surface area contributed by atoms with Crippen LogP contribution < -0.4 is 10.6 Å². The van der Waals surface area contributed by atoms with Gasteiger partial charge in [0.1, 0.15) is 0 Å². The molecule has 1 saturated heterocycles. The number of aromatic nitrogens is 4. The lowest BCUT2D eigenvalue weighted by molar-refractivity contribution is 0.472. The number of nitrogens with one attached hydrogen (secondary N) is 2. The third kappa shape index (κ3) is 1.99. The number of hydrogen-bond donors (Lipinski definition) is 2. The highest BCUT2D eigenvalue weighted by Crippen LogP contribution is 2.20. The SMILES string of the molecule is Cn1nnnc1-c1cccc(NC2CNC2)c1. The van der Waals surface area contributed by atoms with Crippen LogP contribution in [0.3, 0.4) is 0 Å². The molecule has 0 atom stereocenters. The number of tetrazole rings is 1. The maximum atomic E-state index is 4.00. The summed E-state index contributed by atoms with van der Waals surface area (Å²) in [4.78, 5) is 0. The summed E-state index contributed by atoms with van der Waals surface area (Å²) in [6.45, 7) is 2.05. The van der Waals surface area contributed by atoms with Crippen molar-refractivity contribution in [2.45, 2.75) is 6.04 Å². The van der Waals surface area contributed by atoms with Crippen molar-refractivity contribution >= 4 is 5.69 Å². The fourth-order valence-electron chi connectivity index (χ4n) is 1.85. The second kappa shape index (κ2) is 4.14. The monoisotopic (exact) mass is 230 g/mol. The molecule has 1 fully saturated rings. The number of rotatable bonds is 3. The van der Waals surface area contributed by atoms with Crippen molar-refractivity contribution in [2.75, 3.05) is 18.4 Å². The quantitative estimate of drug-likeness (QED) is 0.791. The molecule has 17 heavy (non-hydrogen) atoms. The highest BCUT2D eigenvalue weighted by atomic mass is 15.5. The van der Waals surface area contributed by atoms with E-state index in [-0.39, 0.29) is 0 Å². The molecule has 0 aliphatic carbocycles. The molecule has 1 aliphatic heterocycles. The Hall–Kier alpha value is -1.95. The zero-order valence-electron chi connectivity index (χ0n) is 9.59. The Bertz CT molecular complexity index is 516. The van der Waals surface area contributed by atoms with Crippen molar-refractivity contribution in [3.63, 3.8) is 0 Å². The molecule has 2 heterocycles. The van der Waals surface area contributed by atoms with Crippen LogP contribution in [0, 0.1) is 0 Å². The molecule has 3 rings (SSSR count). The number of benzene rings is 1. The van der Waals surface area contributed by atoms with Gasteiger partial charge >= 0.3 is 0 Å². The number of anilines is 1. The molecule has 1 aromatic carbocycles. The van der Waals surface area contributed by atoms with Gasteiger partial charge < -0.3 is 10.6 Å². The van der Waals surface area contributed by atoms with Crippen molar-refractivity contribution in [1.82, 2.24) is 25.5 Å². The van der Waals surface area contributed by atoms with Crippen molar-refractivity contribution in [2.24, 2.45) is 7.05 Å². The number of nitrogens with zero attached hydrogens (tertiary/aromatic N) is 4. The first-order valence-electron chi connectivity index (χ1n) is 5.63. The summed E-state index contributed by atoms with van der Waals surface area (Å²) < 4.78 is 1.67. The van der Waals surface area contributed by atoms with Gasteiger partial charge in [-0.1, -0.05) is 12.1 Å². The minimum Gasteiger partial charge on any atom is -0.380 e. The summed E-state index contributed by atoms with van der Waals surface area (Å²) in [6, 6.07) is 8.69. The van der Waals surface area contributed by atoms with Gasteiger partial charge in [-0.2, -0.15) is 0 Å². The Balaban J connectivity index is 1.85. The summed E-state index contributed by atoms with van der Waals surface area (Å²) in [5.41, 5.74) is 2.13. The first kappa shape index (κ1) is 10.2. The van der Waals surface area contributed by atoms with Crippen LogP contribution in [-0.4, -0.2) is 39.3 Å². The third-order valence-electron chi connectivity index (χ3n) is 2.89. The van der Waals surface area contributed by atoms with Crippen LogP contribution in [0.5, 0.6) is 0 Å². The first-order chi connectivity index (χ1) is 8.33. The van der Waals surface area contributed by atoms with Crippen molar-refractivity contribution in [3.8, 4) is 11.4 Å². The van der Waals surface area contributed by atoms with Gasteiger partial charge in [0.2, 0.25) is 0 Å². The van der Waals surface area contributed by atoms with E-state index in [1.807, 2.05) is 19.2 Å². The topological polar surface area (TPSA) is 67.7 Å². The standard InChI is InChI=1S/C11H14N6/c1-17-11(14-15-16-17)8-3-2-4-9(5-8)13-10-6-12-7-10/h2-5,10,12-13H,6-7H2,1H3. The average Bonchev–Trinajstić information content (AvgIpc) is 2.71. The van der Waals surface area contributed by atoms with Gasteiger partial charge in [-0.05, 0) is 22.6 Å². The highest BCUT2D eigenvalue weighted by Gasteiger charge is 2.16. The van der Waals surface area contributed by atoms with Gasteiger partial charge in [0.25, 0.3) is 0 Å². The Labute approximate surface area is 99.0 Å². The molecule has 2 aromatic rings. The molecule has 0 saturated carbocycles. The summed E-state index contributed by atoms with van der Waals surface area (Å²) in [5, 5.41) is 18.2. The molecule has 1 aliphatic rings. The van der Waals surface area contributed by atoms with Gasteiger partial charge in [0.15, 0.2) is 5.82 Å². The van der Waals surface area contributed by atoms with Crippen LogP contribution in [0.4, 0.5) is 5.69 Å². The molecular formula is C11H14N6. The summed E-state index contributed by atoms with van der Waals surface area (Å²) in [7, 11) is 1.84. The van der Waals surface area contributed by atoms with Crippen LogP contribution in [0.1, 0.15) is 0 Å². The van der Waals surface area contributed by atoms with E-state index in [0.717, 1.165) is 30.2 Å². The third-order valence-corrected chi connectivity index (χ3v) is 2.89. The second-order valence-electron chi connectivity index (χ2n) is 4.21. The van der Waals surface area contributed by atoms with Crippen LogP contribution >= 0.6 is 0 Å². The van der Waals surface area contributed by atoms with Gasteiger partial charge in [0, 0.05) is 31.4 Å².